The van der Waals surface area contributed by atoms with Crippen molar-refractivity contribution in [3.8, 4) is 17.4 Å². The molecule has 2 nitrogen and oxygen atoms in total. The monoisotopic (exact) mass is 357 g/mol. The second-order valence-electron chi connectivity index (χ2n) is 4.95. The van der Waals surface area contributed by atoms with E-state index in [9.17, 15) is 9.65 Å². The average Bonchev–Trinajstić information content (AvgIpc) is 3.04. The van der Waals surface area contributed by atoms with Crippen LogP contribution in [0, 0.1) is 17.1 Å². The lowest BCUT2D eigenvalue weighted by molar-refractivity contribution is 0.572. The zero-order valence-corrected chi connectivity index (χ0v) is 13.8. The third-order valence-electron chi connectivity index (χ3n) is 3.41. The zero-order valence-electron chi connectivity index (χ0n) is 12.3. The molecule has 0 aliphatic heterocycles. The zero-order chi connectivity index (χ0) is 17.1. The van der Waals surface area contributed by atoms with Gasteiger partial charge in [0.2, 0.25) is 0 Å². The quantitative estimate of drug-likeness (QED) is 0.504. The first-order valence-corrected chi connectivity index (χ1v) is 7.76. The number of benzene rings is 2. The number of furan rings is 1. The average molecular weight is 358 g/mol. The van der Waals surface area contributed by atoms with Crippen LogP contribution in [0.3, 0.4) is 0 Å². The van der Waals surface area contributed by atoms with Crippen LogP contribution in [0.15, 0.2) is 59.0 Å². The van der Waals surface area contributed by atoms with Gasteiger partial charge in [0.05, 0.1) is 21.7 Å². The molecule has 24 heavy (non-hydrogen) atoms. The van der Waals surface area contributed by atoms with E-state index in [4.69, 9.17) is 27.6 Å². The Morgan fingerprint density at radius 1 is 1.04 bits per heavy atom. The Balaban J connectivity index is 2.00. The van der Waals surface area contributed by atoms with Crippen molar-refractivity contribution >= 4 is 34.9 Å². The number of halogens is 3. The summed E-state index contributed by atoms with van der Waals surface area (Å²) in [5.41, 5.74) is 1.04. The first kappa shape index (κ1) is 16.3. The lowest BCUT2D eigenvalue weighted by Gasteiger charge is -2.02. The Morgan fingerprint density at radius 3 is 2.58 bits per heavy atom. The van der Waals surface area contributed by atoms with Gasteiger partial charge in [-0.25, -0.2) is 4.39 Å². The van der Waals surface area contributed by atoms with Crippen molar-refractivity contribution in [3.63, 3.8) is 0 Å². The summed E-state index contributed by atoms with van der Waals surface area (Å²) in [6.07, 6.45) is 1.49. The van der Waals surface area contributed by atoms with Crippen LogP contribution in [0.1, 0.15) is 11.3 Å². The molecular weight excluding hydrogens is 348 g/mol. The Morgan fingerprint density at radius 2 is 1.83 bits per heavy atom. The second-order valence-corrected chi connectivity index (χ2v) is 5.74. The molecule has 2 aromatic carbocycles. The Kier molecular flexibility index (Phi) is 4.71. The van der Waals surface area contributed by atoms with Crippen LogP contribution in [0.25, 0.3) is 23.0 Å². The van der Waals surface area contributed by atoms with E-state index in [1.54, 1.807) is 48.5 Å². The molecule has 0 radical (unpaired) electrons. The van der Waals surface area contributed by atoms with Gasteiger partial charge in [0, 0.05) is 11.1 Å². The van der Waals surface area contributed by atoms with Gasteiger partial charge in [-0.15, -0.1) is 0 Å². The summed E-state index contributed by atoms with van der Waals surface area (Å²) >= 11 is 12.2. The summed E-state index contributed by atoms with van der Waals surface area (Å²) in [5.74, 6) is 0.468. The maximum absolute atomic E-state index is 13.8. The number of nitrogens with zero attached hydrogens (tertiary/aromatic N) is 1. The third-order valence-corrected chi connectivity index (χ3v) is 4.23. The van der Waals surface area contributed by atoms with E-state index in [0.717, 1.165) is 0 Å². The summed E-state index contributed by atoms with van der Waals surface area (Å²) in [4.78, 5) is 0. The summed E-state index contributed by atoms with van der Waals surface area (Å²) < 4.78 is 19.5. The van der Waals surface area contributed by atoms with Crippen molar-refractivity contribution in [1.29, 1.82) is 5.26 Å². The molecule has 0 aliphatic rings. The van der Waals surface area contributed by atoms with Crippen molar-refractivity contribution in [2.24, 2.45) is 0 Å². The molecule has 118 valence electrons. The molecule has 0 unspecified atom stereocenters. The summed E-state index contributed by atoms with van der Waals surface area (Å²) in [6.45, 7) is 0. The third kappa shape index (κ3) is 3.21. The molecule has 0 spiro atoms. The molecule has 5 heteroatoms. The summed E-state index contributed by atoms with van der Waals surface area (Å²) in [6, 6.07) is 16.7. The summed E-state index contributed by atoms with van der Waals surface area (Å²) in [7, 11) is 0. The highest BCUT2D eigenvalue weighted by Gasteiger charge is 2.12. The highest BCUT2D eigenvalue weighted by Crippen LogP contribution is 2.35. The molecule has 3 rings (SSSR count). The van der Waals surface area contributed by atoms with Crippen molar-refractivity contribution in [3.05, 3.63) is 81.8 Å². The van der Waals surface area contributed by atoms with Gasteiger partial charge in [0.25, 0.3) is 0 Å². The molecule has 0 amide bonds. The van der Waals surface area contributed by atoms with Crippen LogP contribution in [0.5, 0.6) is 0 Å². The first-order valence-electron chi connectivity index (χ1n) is 7.01. The lowest BCUT2D eigenvalue weighted by atomic mass is 10.1. The van der Waals surface area contributed by atoms with Gasteiger partial charge in [-0.05, 0) is 36.4 Å². The number of rotatable bonds is 3. The number of hydrogen-bond acceptors (Lipinski definition) is 2. The van der Waals surface area contributed by atoms with E-state index < -0.39 is 5.82 Å². The molecule has 3 aromatic rings. The van der Waals surface area contributed by atoms with Gasteiger partial charge in [-0.1, -0.05) is 47.5 Å². The predicted octanol–water partition coefficient (Wildman–Crippen LogP) is 6.46. The lowest BCUT2D eigenvalue weighted by Crippen LogP contribution is -1.86. The standard InChI is InChI=1S/C19H10Cl2FNO/c20-16-6-3-5-15(19(16)21)18-9-8-13(24-18)10-12(11-23)14-4-1-2-7-17(14)22/h1-10H. The van der Waals surface area contributed by atoms with E-state index in [-0.39, 0.29) is 11.1 Å². The van der Waals surface area contributed by atoms with E-state index >= 15 is 0 Å². The minimum atomic E-state index is -0.463. The van der Waals surface area contributed by atoms with E-state index in [1.165, 1.54) is 12.1 Å². The van der Waals surface area contributed by atoms with Crippen LogP contribution >= 0.6 is 23.2 Å². The smallest absolute Gasteiger partial charge is 0.136 e. The Bertz CT molecular complexity index is 969. The fourth-order valence-corrected chi connectivity index (χ4v) is 2.66. The van der Waals surface area contributed by atoms with Crippen LogP contribution < -0.4 is 0 Å². The van der Waals surface area contributed by atoms with E-state index in [2.05, 4.69) is 0 Å². The number of nitriles is 1. The van der Waals surface area contributed by atoms with Gasteiger partial charge in [-0.3, -0.25) is 0 Å². The Labute approximate surface area is 148 Å². The molecule has 0 atom stereocenters. The van der Waals surface area contributed by atoms with Crippen LogP contribution in [-0.4, -0.2) is 0 Å². The van der Waals surface area contributed by atoms with E-state index in [1.807, 2.05) is 6.07 Å². The molecule has 1 heterocycles. The molecular formula is C19H10Cl2FNO. The minimum Gasteiger partial charge on any atom is -0.457 e. The molecule has 0 saturated carbocycles. The van der Waals surface area contributed by atoms with Crippen molar-refractivity contribution in [2.45, 2.75) is 0 Å². The normalized spacial score (nSPS) is 11.3. The van der Waals surface area contributed by atoms with Gasteiger partial charge in [-0.2, -0.15) is 5.26 Å². The van der Waals surface area contributed by atoms with Crippen LogP contribution in [0.2, 0.25) is 10.0 Å². The predicted molar refractivity (Wildman–Crippen MR) is 94.0 cm³/mol. The van der Waals surface area contributed by atoms with Crippen LogP contribution in [-0.2, 0) is 0 Å². The van der Waals surface area contributed by atoms with Gasteiger partial charge >= 0.3 is 0 Å². The largest absolute Gasteiger partial charge is 0.457 e. The maximum atomic E-state index is 13.8. The van der Waals surface area contributed by atoms with E-state index in [0.29, 0.717) is 27.1 Å². The van der Waals surface area contributed by atoms with Crippen molar-refractivity contribution in [1.82, 2.24) is 0 Å². The van der Waals surface area contributed by atoms with Gasteiger partial charge in [0.1, 0.15) is 17.3 Å². The molecule has 0 saturated heterocycles. The molecule has 0 fully saturated rings. The minimum absolute atomic E-state index is 0.172. The van der Waals surface area contributed by atoms with Crippen LogP contribution in [0.4, 0.5) is 4.39 Å². The fraction of sp³-hybridized carbons (Fsp3) is 0. The highest BCUT2D eigenvalue weighted by molar-refractivity contribution is 6.43. The number of hydrogen-bond donors (Lipinski definition) is 0. The topological polar surface area (TPSA) is 36.9 Å². The summed E-state index contributed by atoms with van der Waals surface area (Å²) in [5, 5.41) is 10.1. The second kappa shape index (κ2) is 6.92. The molecule has 0 N–H and O–H groups in total. The molecule has 0 aliphatic carbocycles. The Hall–Kier alpha value is -2.54. The molecule has 0 bridgehead atoms. The SMILES string of the molecule is N#CC(=Cc1ccc(-c2cccc(Cl)c2Cl)o1)c1ccccc1F. The van der Waals surface area contributed by atoms with Gasteiger partial charge < -0.3 is 4.42 Å². The molecule has 1 aromatic heterocycles. The van der Waals surface area contributed by atoms with Gasteiger partial charge in [0.15, 0.2) is 0 Å². The maximum Gasteiger partial charge on any atom is 0.136 e. The fourth-order valence-electron chi connectivity index (χ4n) is 2.26. The first-order chi connectivity index (χ1) is 11.6. The highest BCUT2D eigenvalue weighted by atomic mass is 35.5. The number of allylic oxidation sites excluding steroid dienone is 1. The van der Waals surface area contributed by atoms with Crippen molar-refractivity contribution in [2.75, 3.05) is 0 Å². The van der Waals surface area contributed by atoms with Crippen molar-refractivity contribution < 1.29 is 8.81 Å².